The van der Waals surface area contributed by atoms with Crippen molar-refractivity contribution in [1.82, 2.24) is 30.1 Å². The molecule has 18 heteroatoms. The largest absolute Gasteiger partial charge is 0.461 e. The summed E-state index contributed by atoms with van der Waals surface area (Å²) in [6.07, 6.45) is -3.16. The van der Waals surface area contributed by atoms with E-state index in [-0.39, 0.29) is 120 Å². The predicted molar refractivity (Wildman–Crippen MR) is 232 cm³/mol. The molecule has 66 heavy (non-hydrogen) atoms. The fraction of sp³-hybridized carbons (Fsp3) is 0.479. The van der Waals surface area contributed by atoms with Gasteiger partial charge in [-0.2, -0.15) is 23.1 Å². The fourth-order valence-corrected chi connectivity index (χ4v) is 11.2. The number of halogens is 6. The second kappa shape index (κ2) is 16.8. The lowest BCUT2D eigenvalue weighted by atomic mass is 9.72. The van der Waals surface area contributed by atoms with Crippen LogP contribution in [-0.4, -0.2) is 113 Å². The Balaban J connectivity index is 1.07. The number of fused-ring (bicyclic) bond motifs is 7. The standard InChI is InChI=1S/C48H49F6N7O5/c1-45-24-31(49)26-60(27-45)41-35-25-55-39(38(51)40(35)56-42(57-41)65-28-46-13-6-17-61(46)18-7-14-46)34-23-32(22-29-11-12-36(50)33(37(29)34)10-5-21-64-43(62)58-45)66-44(63)59-19-15-47(16-20-59,48(52,53)54)30-8-3-2-4-9-30/h2-4,8-9,11-12,22-23,25,31H,5-7,10,13-21,24,26-28H2,1H3,(H,58,62). The molecule has 6 aliphatic rings. The quantitative estimate of drug-likeness (QED) is 0.171. The van der Waals surface area contributed by atoms with Gasteiger partial charge in [0.25, 0.3) is 0 Å². The summed E-state index contributed by atoms with van der Waals surface area (Å²) < 4.78 is 111. The van der Waals surface area contributed by atoms with Gasteiger partial charge in [0.1, 0.15) is 41.4 Å². The van der Waals surface area contributed by atoms with E-state index in [1.54, 1.807) is 30.0 Å². The normalized spacial score (nSPS) is 23.1. The van der Waals surface area contributed by atoms with Gasteiger partial charge in [-0.3, -0.25) is 9.88 Å². The van der Waals surface area contributed by atoms with Crippen LogP contribution in [0.4, 0.5) is 41.7 Å². The zero-order chi connectivity index (χ0) is 46.0. The first kappa shape index (κ1) is 44.0. The lowest BCUT2D eigenvalue weighted by molar-refractivity contribution is -0.201. The number of hydrogen-bond donors (Lipinski definition) is 1. The van der Waals surface area contributed by atoms with Gasteiger partial charge in [-0.15, -0.1) is 0 Å². The number of aromatic nitrogens is 3. The number of hydrogen-bond acceptors (Lipinski definition) is 10. The number of likely N-dealkylation sites (tertiary alicyclic amines) is 1. The molecule has 4 fully saturated rings. The zero-order valence-electron chi connectivity index (χ0n) is 36.4. The molecule has 5 aromatic rings. The number of benzene rings is 3. The first-order valence-corrected chi connectivity index (χ1v) is 22.6. The summed E-state index contributed by atoms with van der Waals surface area (Å²) in [4.78, 5) is 46.2. The maximum atomic E-state index is 17.7. The lowest BCUT2D eigenvalue weighted by Crippen LogP contribution is -2.60. The molecule has 2 unspecified atom stereocenters. The van der Waals surface area contributed by atoms with Gasteiger partial charge in [0.2, 0.25) is 0 Å². The molecule has 6 bridgehead atoms. The molecule has 6 aliphatic heterocycles. The average molecular weight is 918 g/mol. The van der Waals surface area contributed by atoms with Crippen LogP contribution >= 0.6 is 0 Å². The molecular weight excluding hydrogens is 869 g/mol. The van der Waals surface area contributed by atoms with Crippen molar-refractivity contribution in [3.05, 3.63) is 83.6 Å². The summed E-state index contributed by atoms with van der Waals surface area (Å²) >= 11 is 0. The van der Waals surface area contributed by atoms with Gasteiger partial charge in [0.05, 0.1) is 35.0 Å². The fourth-order valence-electron chi connectivity index (χ4n) is 11.2. The Kier molecular flexibility index (Phi) is 11.2. The van der Waals surface area contributed by atoms with Crippen LogP contribution in [0, 0.1) is 11.6 Å². The van der Waals surface area contributed by atoms with Crippen molar-refractivity contribution in [3.8, 4) is 23.0 Å². The maximum absolute atomic E-state index is 17.7. The molecule has 0 saturated carbocycles. The van der Waals surface area contributed by atoms with Crippen LogP contribution in [0.1, 0.15) is 69.4 Å². The van der Waals surface area contributed by atoms with Crippen LogP contribution in [0.3, 0.4) is 0 Å². The number of amides is 2. The number of carbonyl (C=O) groups is 2. The summed E-state index contributed by atoms with van der Waals surface area (Å²) in [7, 11) is 0. The van der Waals surface area contributed by atoms with E-state index in [2.05, 4.69) is 20.2 Å². The summed E-state index contributed by atoms with van der Waals surface area (Å²) in [6, 6.07) is 13.0. The van der Waals surface area contributed by atoms with E-state index in [9.17, 15) is 22.8 Å². The van der Waals surface area contributed by atoms with E-state index >= 15 is 13.2 Å². The van der Waals surface area contributed by atoms with Crippen molar-refractivity contribution >= 4 is 39.7 Å². The Morgan fingerprint density at radius 2 is 1.73 bits per heavy atom. The second-order valence-electron chi connectivity index (χ2n) is 18.7. The van der Waals surface area contributed by atoms with E-state index in [1.807, 2.05) is 0 Å². The number of piperidine rings is 2. The van der Waals surface area contributed by atoms with Crippen LogP contribution < -0.4 is 19.7 Å². The number of alkyl carbamates (subject to hydrolysis) is 1. The number of aryl methyl sites for hydroxylation is 1. The highest BCUT2D eigenvalue weighted by Gasteiger charge is 2.57. The first-order chi connectivity index (χ1) is 31.6. The number of carbonyl (C=O) groups excluding carboxylic acids is 2. The van der Waals surface area contributed by atoms with Gasteiger partial charge in [-0.1, -0.05) is 36.4 Å². The Bertz CT molecular complexity index is 2690. The van der Waals surface area contributed by atoms with Crippen molar-refractivity contribution in [2.75, 3.05) is 57.4 Å². The minimum atomic E-state index is -4.58. The number of nitrogens with one attached hydrogen (secondary N) is 1. The molecule has 0 aliphatic carbocycles. The van der Waals surface area contributed by atoms with Crippen molar-refractivity contribution in [1.29, 1.82) is 0 Å². The third kappa shape index (κ3) is 7.87. The Morgan fingerprint density at radius 1 is 0.970 bits per heavy atom. The highest BCUT2D eigenvalue weighted by Crippen LogP contribution is 2.49. The Hall–Kier alpha value is -5.91. The van der Waals surface area contributed by atoms with E-state index in [0.29, 0.717) is 5.39 Å². The van der Waals surface area contributed by atoms with E-state index in [0.717, 1.165) is 38.8 Å². The van der Waals surface area contributed by atoms with Gasteiger partial charge in [0, 0.05) is 37.8 Å². The molecule has 2 atom stereocenters. The molecule has 0 radical (unpaired) electrons. The average Bonchev–Trinajstić information content (AvgIpc) is 3.88. The van der Waals surface area contributed by atoms with Crippen molar-refractivity contribution in [2.45, 2.75) is 93.6 Å². The SMILES string of the molecule is CC12CC(F)CN(C1)c1nc(OCC34CCCN3CCC4)nc3c(F)c(ncc13)-c1cc(OC(=O)N3CCC(c4ccccc4)(C(F)(F)F)CC3)cc3ccc(F)c(c13)CCCOC(=O)N2. The Labute approximate surface area is 376 Å². The van der Waals surface area contributed by atoms with Gasteiger partial charge in [0.15, 0.2) is 5.82 Å². The second-order valence-corrected chi connectivity index (χ2v) is 18.7. The molecule has 0 spiro atoms. The predicted octanol–water partition coefficient (Wildman–Crippen LogP) is 9.20. The van der Waals surface area contributed by atoms with Gasteiger partial charge in [-0.05, 0) is 111 Å². The van der Waals surface area contributed by atoms with Crippen molar-refractivity contribution < 1.29 is 50.1 Å². The third-order valence-electron chi connectivity index (χ3n) is 14.4. The third-order valence-corrected chi connectivity index (χ3v) is 14.4. The zero-order valence-corrected chi connectivity index (χ0v) is 36.4. The smallest absolute Gasteiger partial charge is 0.415 e. The van der Waals surface area contributed by atoms with Crippen LogP contribution in [0.2, 0.25) is 0 Å². The number of anilines is 1. The number of rotatable bonds is 5. The first-order valence-electron chi connectivity index (χ1n) is 22.6. The molecule has 2 aromatic heterocycles. The van der Waals surface area contributed by atoms with Gasteiger partial charge < -0.3 is 29.3 Å². The van der Waals surface area contributed by atoms with Crippen LogP contribution in [0.25, 0.3) is 32.9 Å². The van der Waals surface area contributed by atoms with Crippen molar-refractivity contribution in [2.24, 2.45) is 0 Å². The maximum Gasteiger partial charge on any atom is 0.415 e. The number of ether oxygens (including phenoxy) is 3. The summed E-state index contributed by atoms with van der Waals surface area (Å²) in [6.45, 7) is 3.10. The topological polar surface area (TPSA) is 122 Å². The minimum Gasteiger partial charge on any atom is -0.461 e. The highest BCUT2D eigenvalue weighted by molar-refractivity contribution is 6.02. The summed E-state index contributed by atoms with van der Waals surface area (Å²) in [5.41, 5.74) is -3.70. The molecule has 4 saturated heterocycles. The van der Waals surface area contributed by atoms with Gasteiger partial charge >= 0.3 is 24.4 Å². The molecule has 11 rings (SSSR count). The number of nitrogens with zero attached hydrogens (tertiary/aromatic N) is 6. The van der Waals surface area contributed by atoms with Crippen LogP contribution in [0.15, 0.2) is 60.8 Å². The molecule has 1 N–H and O–H groups in total. The van der Waals surface area contributed by atoms with Crippen LogP contribution in [-0.2, 0) is 16.6 Å². The summed E-state index contributed by atoms with van der Waals surface area (Å²) in [5, 5.41) is 3.53. The lowest BCUT2D eigenvalue weighted by Gasteiger charge is -2.42. The highest BCUT2D eigenvalue weighted by atomic mass is 19.4. The number of alkyl halides is 4. The minimum absolute atomic E-state index is 0.0224. The number of pyridine rings is 1. The molecule has 348 valence electrons. The molecule has 2 amide bonds. The Morgan fingerprint density at radius 3 is 2.47 bits per heavy atom. The monoisotopic (exact) mass is 917 g/mol. The summed E-state index contributed by atoms with van der Waals surface area (Å²) in [5.74, 6) is -1.52. The molecule has 3 aromatic carbocycles. The van der Waals surface area contributed by atoms with E-state index < -0.39 is 60.0 Å². The van der Waals surface area contributed by atoms with E-state index in [4.69, 9.17) is 19.2 Å². The molecule has 12 nitrogen and oxygen atoms in total. The molecule has 8 heterocycles. The van der Waals surface area contributed by atoms with E-state index in [1.165, 1.54) is 47.5 Å². The van der Waals surface area contributed by atoms with Crippen molar-refractivity contribution in [3.63, 3.8) is 0 Å². The molecular formula is C48H49F6N7O5. The van der Waals surface area contributed by atoms with Crippen LogP contribution in [0.5, 0.6) is 11.8 Å². The van der Waals surface area contributed by atoms with Gasteiger partial charge in [-0.25, -0.2) is 22.8 Å².